The fraction of sp³-hybridized carbons (Fsp3) is 0.250. The van der Waals surface area contributed by atoms with Crippen molar-refractivity contribution >= 4 is 45.3 Å². The summed E-state index contributed by atoms with van der Waals surface area (Å²) in [4.78, 5) is 33.2. The molecule has 1 rings (SSSR count). The summed E-state index contributed by atoms with van der Waals surface area (Å²) in [7, 11) is 0. The predicted octanol–water partition coefficient (Wildman–Crippen LogP) is 0.926. The maximum Gasteiger partial charge on any atom is 0.326 e. The largest absolute Gasteiger partial charge is 0.483 e. The van der Waals surface area contributed by atoms with E-state index in [9.17, 15) is 14.4 Å². The van der Waals surface area contributed by atoms with Gasteiger partial charge in [0.05, 0.1) is 10.9 Å². The zero-order valence-electron chi connectivity index (χ0n) is 10.6. The Labute approximate surface area is 133 Å². The summed E-state index contributed by atoms with van der Waals surface area (Å²) in [6.45, 7) is -0.414. The van der Waals surface area contributed by atoms with Gasteiger partial charge in [-0.15, -0.1) is 0 Å². The molecule has 0 saturated heterocycles. The van der Waals surface area contributed by atoms with Crippen LogP contribution in [0.5, 0.6) is 5.75 Å². The number of halogens is 2. The van der Waals surface area contributed by atoms with E-state index in [1.54, 1.807) is 18.2 Å². The average molecular weight is 380 g/mol. The Balaban J connectivity index is 2.56. The van der Waals surface area contributed by atoms with Gasteiger partial charge in [0.15, 0.2) is 6.61 Å². The Morgan fingerprint density at radius 3 is 2.62 bits per heavy atom. The van der Waals surface area contributed by atoms with Crippen LogP contribution in [0.1, 0.15) is 6.42 Å². The number of primary amides is 1. The number of aliphatic carboxylic acids is 1. The highest BCUT2D eigenvalue weighted by atomic mass is 79.9. The topological polar surface area (TPSA) is 119 Å². The van der Waals surface area contributed by atoms with Crippen LogP contribution in [0.15, 0.2) is 22.7 Å². The first-order valence-corrected chi connectivity index (χ1v) is 6.85. The molecule has 2 amide bonds. The number of nitrogens with two attached hydrogens (primary N) is 1. The third kappa shape index (κ3) is 6.01. The molecule has 0 bridgehead atoms. The van der Waals surface area contributed by atoms with Crippen LogP contribution in [0.2, 0.25) is 5.02 Å². The third-order valence-electron chi connectivity index (χ3n) is 2.29. The summed E-state index contributed by atoms with van der Waals surface area (Å²) in [6.07, 6.45) is -0.494. The number of carbonyl (C=O) groups is 3. The lowest BCUT2D eigenvalue weighted by Crippen LogP contribution is -2.45. The Morgan fingerprint density at radius 2 is 2.10 bits per heavy atom. The molecule has 0 aromatic heterocycles. The molecule has 0 spiro atoms. The third-order valence-corrected chi connectivity index (χ3v) is 3.15. The average Bonchev–Trinajstić information content (AvgIpc) is 2.36. The molecule has 0 saturated carbocycles. The van der Waals surface area contributed by atoms with Crippen molar-refractivity contribution in [2.24, 2.45) is 5.73 Å². The van der Waals surface area contributed by atoms with E-state index in [2.05, 4.69) is 21.2 Å². The summed E-state index contributed by atoms with van der Waals surface area (Å²) in [5.74, 6) is -2.50. The second kappa shape index (κ2) is 7.84. The molecule has 4 N–H and O–H groups in total. The molecule has 0 unspecified atom stereocenters. The number of carboxylic acids is 1. The second-order valence-electron chi connectivity index (χ2n) is 3.99. The van der Waals surface area contributed by atoms with Gasteiger partial charge >= 0.3 is 5.97 Å². The Kier molecular flexibility index (Phi) is 6.44. The first-order valence-electron chi connectivity index (χ1n) is 5.68. The number of hydrogen-bond acceptors (Lipinski definition) is 4. The highest BCUT2D eigenvalue weighted by molar-refractivity contribution is 9.10. The molecule has 1 aromatic rings. The fourth-order valence-electron chi connectivity index (χ4n) is 1.37. The van der Waals surface area contributed by atoms with Crippen molar-refractivity contribution in [1.29, 1.82) is 0 Å². The van der Waals surface area contributed by atoms with Crippen LogP contribution in [0.25, 0.3) is 0 Å². The van der Waals surface area contributed by atoms with Gasteiger partial charge in [-0.2, -0.15) is 0 Å². The normalized spacial score (nSPS) is 11.5. The van der Waals surface area contributed by atoms with E-state index >= 15 is 0 Å². The summed E-state index contributed by atoms with van der Waals surface area (Å²) >= 11 is 8.97. The van der Waals surface area contributed by atoms with Crippen LogP contribution in [0.3, 0.4) is 0 Å². The fourth-order valence-corrected chi connectivity index (χ4v) is 2.17. The first-order chi connectivity index (χ1) is 9.79. The van der Waals surface area contributed by atoms with E-state index in [0.717, 1.165) is 0 Å². The Hall–Kier alpha value is -1.80. The minimum absolute atomic E-state index is 0.372. The monoisotopic (exact) mass is 378 g/mol. The minimum atomic E-state index is -1.38. The molecule has 0 aliphatic carbocycles. The van der Waals surface area contributed by atoms with Crippen LogP contribution >= 0.6 is 27.5 Å². The van der Waals surface area contributed by atoms with Gasteiger partial charge in [0.1, 0.15) is 11.8 Å². The van der Waals surface area contributed by atoms with Crippen molar-refractivity contribution in [2.75, 3.05) is 6.61 Å². The van der Waals surface area contributed by atoms with Crippen LogP contribution in [-0.2, 0) is 14.4 Å². The summed E-state index contributed by atoms with van der Waals surface area (Å²) in [6, 6.07) is 3.33. The van der Waals surface area contributed by atoms with E-state index < -0.39 is 36.9 Å². The SMILES string of the molecule is NC(=O)C[C@@H](NC(=O)COc1ccc(Cl)cc1Br)C(=O)O. The van der Waals surface area contributed by atoms with Gasteiger partial charge < -0.3 is 20.9 Å². The molecular weight excluding hydrogens is 367 g/mol. The first kappa shape index (κ1) is 17.3. The number of carbonyl (C=O) groups excluding carboxylic acids is 2. The van der Waals surface area contributed by atoms with Crippen LogP contribution in [0, 0.1) is 0 Å². The number of ether oxygens (including phenoxy) is 1. The van der Waals surface area contributed by atoms with Crippen molar-refractivity contribution in [3.8, 4) is 5.75 Å². The Morgan fingerprint density at radius 1 is 1.43 bits per heavy atom. The van der Waals surface area contributed by atoms with Gasteiger partial charge in [-0.25, -0.2) is 4.79 Å². The molecule has 7 nitrogen and oxygen atoms in total. The lowest BCUT2D eigenvalue weighted by atomic mass is 10.2. The lowest BCUT2D eigenvalue weighted by Gasteiger charge is -2.13. The van der Waals surface area contributed by atoms with E-state index in [0.29, 0.717) is 15.2 Å². The second-order valence-corrected chi connectivity index (χ2v) is 5.28. The van der Waals surface area contributed by atoms with Crippen LogP contribution in [0.4, 0.5) is 0 Å². The van der Waals surface area contributed by atoms with E-state index in [-0.39, 0.29) is 0 Å². The standard InChI is InChI=1S/C12H12BrClN2O5/c13-7-3-6(14)1-2-9(7)21-5-11(18)16-8(12(19)20)4-10(15)17/h1-3,8H,4-5H2,(H2,15,17)(H,16,18)(H,19,20)/t8-/m1/s1. The Bertz CT molecular complexity index is 567. The van der Waals surface area contributed by atoms with Crippen molar-refractivity contribution < 1.29 is 24.2 Å². The minimum Gasteiger partial charge on any atom is -0.483 e. The number of carboxylic acid groups (broad SMARTS) is 1. The van der Waals surface area contributed by atoms with Crippen molar-refractivity contribution in [3.63, 3.8) is 0 Å². The van der Waals surface area contributed by atoms with Crippen molar-refractivity contribution in [1.82, 2.24) is 5.32 Å². The number of rotatable bonds is 7. The molecule has 1 aromatic carbocycles. The molecule has 0 aliphatic heterocycles. The molecule has 1 atom stereocenters. The van der Waals surface area contributed by atoms with Crippen LogP contribution in [-0.4, -0.2) is 35.5 Å². The quantitative estimate of drug-likeness (QED) is 0.651. The molecule has 21 heavy (non-hydrogen) atoms. The molecule has 0 heterocycles. The van der Waals surface area contributed by atoms with Crippen LogP contribution < -0.4 is 15.8 Å². The van der Waals surface area contributed by atoms with Gasteiger partial charge in [0, 0.05) is 5.02 Å². The molecule has 114 valence electrons. The maximum atomic E-state index is 11.6. The lowest BCUT2D eigenvalue weighted by molar-refractivity contribution is -0.143. The maximum absolute atomic E-state index is 11.6. The number of benzene rings is 1. The number of amides is 2. The zero-order chi connectivity index (χ0) is 16.0. The smallest absolute Gasteiger partial charge is 0.326 e. The predicted molar refractivity (Wildman–Crippen MR) is 78.0 cm³/mol. The van der Waals surface area contributed by atoms with Crippen molar-refractivity contribution in [2.45, 2.75) is 12.5 Å². The van der Waals surface area contributed by atoms with E-state index in [1.165, 1.54) is 0 Å². The molecule has 9 heteroatoms. The molecule has 0 radical (unpaired) electrons. The highest BCUT2D eigenvalue weighted by Crippen LogP contribution is 2.27. The van der Waals surface area contributed by atoms with E-state index in [4.69, 9.17) is 27.2 Å². The number of nitrogens with one attached hydrogen (secondary N) is 1. The highest BCUT2D eigenvalue weighted by Gasteiger charge is 2.22. The van der Waals surface area contributed by atoms with Gasteiger partial charge in [-0.1, -0.05) is 11.6 Å². The summed E-state index contributed by atoms with van der Waals surface area (Å²) in [5, 5.41) is 11.5. The molecule has 0 aliphatic rings. The van der Waals surface area contributed by atoms with Gasteiger partial charge in [0.2, 0.25) is 5.91 Å². The van der Waals surface area contributed by atoms with Gasteiger partial charge in [-0.3, -0.25) is 9.59 Å². The zero-order valence-corrected chi connectivity index (χ0v) is 13.0. The number of hydrogen-bond donors (Lipinski definition) is 3. The van der Waals surface area contributed by atoms with Gasteiger partial charge in [0.25, 0.3) is 5.91 Å². The summed E-state index contributed by atoms with van der Waals surface area (Å²) in [5.41, 5.74) is 4.90. The van der Waals surface area contributed by atoms with Gasteiger partial charge in [-0.05, 0) is 34.1 Å². The summed E-state index contributed by atoms with van der Waals surface area (Å²) < 4.78 is 5.76. The molecular formula is C12H12BrClN2O5. The van der Waals surface area contributed by atoms with E-state index in [1.807, 2.05) is 0 Å². The van der Waals surface area contributed by atoms with Crippen molar-refractivity contribution in [3.05, 3.63) is 27.7 Å². The molecule has 0 fully saturated rings.